The second-order valence-electron chi connectivity index (χ2n) is 7.72. The Kier molecular flexibility index (Phi) is 8.31. The summed E-state index contributed by atoms with van der Waals surface area (Å²) < 4.78 is 56.1. The largest absolute Gasteiger partial charge is 0.243 e. The highest BCUT2D eigenvalue weighted by Crippen LogP contribution is 2.24. The van der Waals surface area contributed by atoms with Gasteiger partial charge < -0.3 is 0 Å². The third-order valence-corrected chi connectivity index (χ3v) is 9.03. The maximum Gasteiger partial charge on any atom is 0.243 e. The lowest BCUT2D eigenvalue weighted by molar-refractivity contribution is 0.323. The third kappa shape index (κ3) is 6.43. The predicted molar refractivity (Wildman–Crippen MR) is 131 cm³/mol. The van der Waals surface area contributed by atoms with Crippen LogP contribution in [0.3, 0.4) is 0 Å². The highest BCUT2D eigenvalue weighted by Gasteiger charge is 2.29. The van der Waals surface area contributed by atoms with E-state index in [1.807, 2.05) is 44.2 Å². The van der Waals surface area contributed by atoms with Crippen molar-refractivity contribution in [3.8, 4) is 0 Å². The first-order valence-corrected chi connectivity index (χ1v) is 13.8. The monoisotopic (exact) mass is 506 g/mol. The van der Waals surface area contributed by atoms with E-state index in [1.54, 1.807) is 24.3 Å². The van der Waals surface area contributed by atoms with Gasteiger partial charge in [0, 0.05) is 24.2 Å². The van der Waals surface area contributed by atoms with Gasteiger partial charge in [-0.25, -0.2) is 21.6 Å². The standard InChI is InChI=1S/C24H27ClN2O4S2/c1-3-19(2)27(18-21-9-11-22(25)12-10-21)33(30,31)24-15-13-23(14-16-24)32(28,29)26-17-20-7-5-4-6-8-20/h4-16,19,26H,3,17-18H2,1-2H3/t19-/m1/s1. The lowest BCUT2D eigenvalue weighted by Crippen LogP contribution is -2.37. The first-order chi connectivity index (χ1) is 15.6. The minimum absolute atomic E-state index is 0.00479. The predicted octanol–water partition coefficient (Wildman–Crippen LogP) is 4.81. The van der Waals surface area contributed by atoms with Crippen LogP contribution in [0.15, 0.2) is 88.7 Å². The van der Waals surface area contributed by atoms with E-state index >= 15 is 0 Å². The average Bonchev–Trinajstić information content (AvgIpc) is 2.82. The molecule has 0 bridgehead atoms. The summed E-state index contributed by atoms with van der Waals surface area (Å²) in [5.41, 5.74) is 1.64. The molecule has 0 amide bonds. The van der Waals surface area contributed by atoms with E-state index in [4.69, 9.17) is 11.6 Å². The van der Waals surface area contributed by atoms with Crippen LogP contribution >= 0.6 is 11.6 Å². The lowest BCUT2D eigenvalue weighted by atomic mass is 10.2. The van der Waals surface area contributed by atoms with Crippen molar-refractivity contribution in [3.63, 3.8) is 0 Å². The van der Waals surface area contributed by atoms with Crippen molar-refractivity contribution >= 4 is 31.6 Å². The fraction of sp³-hybridized carbons (Fsp3) is 0.250. The Hall–Kier alpha value is -2.23. The maximum atomic E-state index is 13.4. The van der Waals surface area contributed by atoms with Gasteiger partial charge >= 0.3 is 0 Å². The number of nitrogens with one attached hydrogen (secondary N) is 1. The summed E-state index contributed by atoms with van der Waals surface area (Å²) in [4.78, 5) is 0.0453. The van der Waals surface area contributed by atoms with E-state index in [1.165, 1.54) is 28.6 Å². The fourth-order valence-corrected chi connectivity index (χ4v) is 6.07. The van der Waals surface area contributed by atoms with Crippen molar-refractivity contribution in [1.29, 1.82) is 0 Å². The molecule has 0 unspecified atom stereocenters. The Bertz CT molecular complexity index is 1260. The second-order valence-corrected chi connectivity index (χ2v) is 11.8. The summed E-state index contributed by atoms with van der Waals surface area (Å²) in [5, 5.41) is 0.578. The molecular formula is C24H27ClN2O4S2. The molecule has 0 heterocycles. The molecular weight excluding hydrogens is 480 g/mol. The van der Waals surface area contributed by atoms with E-state index < -0.39 is 20.0 Å². The summed E-state index contributed by atoms with van der Waals surface area (Å²) in [5.74, 6) is 0. The van der Waals surface area contributed by atoms with Crippen molar-refractivity contribution in [2.75, 3.05) is 0 Å². The Balaban J connectivity index is 1.82. The zero-order valence-corrected chi connectivity index (χ0v) is 20.9. The van der Waals surface area contributed by atoms with Crippen LogP contribution < -0.4 is 4.72 Å². The average molecular weight is 507 g/mol. The van der Waals surface area contributed by atoms with Gasteiger partial charge in [0.1, 0.15) is 0 Å². The molecule has 3 aromatic rings. The number of sulfonamides is 2. The van der Waals surface area contributed by atoms with Crippen molar-refractivity contribution in [1.82, 2.24) is 9.03 Å². The minimum Gasteiger partial charge on any atom is -0.207 e. The molecule has 176 valence electrons. The number of benzene rings is 3. The molecule has 0 spiro atoms. The van der Waals surface area contributed by atoms with Crippen LogP contribution in [-0.2, 0) is 33.1 Å². The lowest BCUT2D eigenvalue weighted by Gasteiger charge is -2.28. The Labute approximate surface area is 201 Å². The first kappa shape index (κ1) is 25.4. The van der Waals surface area contributed by atoms with Gasteiger partial charge in [-0.05, 0) is 60.9 Å². The fourth-order valence-electron chi connectivity index (χ4n) is 3.23. The van der Waals surface area contributed by atoms with Crippen molar-refractivity contribution in [3.05, 3.63) is 95.0 Å². The summed E-state index contributed by atoms with van der Waals surface area (Å²) in [6.07, 6.45) is 0.628. The highest BCUT2D eigenvalue weighted by atomic mass is 35.5. The van der Waals surface area contributed by atoms with Crippen LogP contribution in [-0.4, -0.2) is 27.2 Å². The quantitative estimate of drug-likeness (QED) is 0.428. The maximum absolute atomic E-state index is 13.4. The van der Waals surface area contributed by atoms with Gasteiger partial charge in [0.15, 0.2) is 0 Å². The van der Waals surface area contributed by atoms with E-state index in [-0.39, 0.29) is 28.9 Å². The van der Waals surface area contributed by atoms with E-state index in [9.17, 15) is 16.8 Å². The molecule has 9 heteroatoms. The van der Waals surface area contributed by atoms with Gasteiger partial charge in [0.2, 0.25) is 20.0 Å². The Morgan fingerprint density at radius 3 is 1.97 bits per heavy atom. The molecule has 1 atom stereocenters. The molecule has 0 aromatic heterocycles. The van der Waals surface area contributed by atoms with Gasteiger partial charge in [-0.1, -0.05) is 61.0 Å². The topological polar surface area (TPSA) is 83.6 Å². The first-order valence-electron chi connectivity index (χ1n) is 10.5. The van der Waals surface area contributed by atoms with Crippen molar-refractivity contribution in [2.24, 2.45) is 0 Å². The number of nitrogens with zero attached hydrogens (tertiary/aromatic N) is 1. The molecule has 0 aliphatic heterocycles. The number of halogens is 1. The van der Waals surface area contributed by atoms with Gasteiger partial charge in [-0.15, -0.1) is 0 Å². The molecule has 6 nitrogen and oxygen atoms in total. The zero-order valence-electron chi connectivity index (χ0n) is 18.5. The number of rotatable bonds is 10. The summed E-state index contributed by atoms with van der Waals surface area (Å²) in [7, 11) is -7.64. The minimum atomic E-state index is -3.85. The Morgan fingerprint density at radius 2 is 1.39 bits per heavy atom. The third-order valence-electron chi connectivity index (χ3n) is 5.38. The van der Waals surface area contributed by atoms with E-state index in [2.05, 4.69) is 4.72 Å². The molecule has 0 aliphatic carbocycles. The van der Waals surface area contributed by atoms with Gasteiger partial charge in [0.05, 0.1) is 9.79 Å². The van der Waals surface area contributed by atoms with Gasteiger partial charge in [-0.2, -0.15) is 4.31 Å². The molecule has 0 fully saturated rings. The zero-order chi connectivity index (χ0) is 24.1. The molecule has 3 aromatic carbocycles. The van der Waals surface area contributed by atoms with Crippen LogP contribution in [0.25, 0.3) is 0 Å². The number of hydrogen-bond donors (Lipinski definition) is 1. The molecule has 0 saturated carbocycles. The molecule has 1 N–H and O–H groups in total. The highest BCUT2D eigenvalue weighted by molar-refractivity contribution is 7.89. The van der Waals surface area contributed by atoms with Crippen LogP contribution in [0, 0.1) is 0 Å². The molecule has 0 saturated heterocycles. The smallest absolute Gasteiger partial charge is 0.207 e. The second kappa shape index (κ2) is 10.8. The van der Waals surface area contributed by atoms with E-state index in [0.717, 1.165) is 11.1 Å². The van der Waals surface area contributed by atoms with Crippen LogP contribution in [0.1, 0.15) is 31.4 Å². The van der Waals surface area contributed by atoms with Crippen molar-refractivity contribution in [2.45, 2.75) is 49.2 Å². The molecule has 3 rings (SSSR count). The number of hydrogen-bond acceptors (Lipinski definition) is 4. The van der Waals surface area contributed by atoms with Gasteiger partial charge in [0.25, 0.3) is 0 Å². The normalized spacial score (nSPS) is 13.2. The van der Waals surface area contributed by atoms with Crippen LogP contribution in [0.2, 0.25) is 5.02 Å². The van der Waals surface area contributed by atoms with Crippen molar-refractivity contribution < 1.29 is 16.8 Å². The summed E-state index contributed by atoms with van der Waals surface area (Å²) in [6, 6.07) is 21.2. The SMILES string of the molecule is CC[C@@H](C)N(Cc1ccc(Cl)cc1)S(=O)(=O)c1ccc(S(=O)(=O)NCc2ccccc2)cc1. The Morgan fingerprint density at radius 1 is 0.818 bits per heavy atom. The molecule has 0 aliphatic rings. The molecule has 0 radical (unpaired) electrons. The summed E-state index contributed by atoms with van der Waals surface area (Å²) in [6.45, 7) is 4.10. The summed E-state index contributed by atoms with van der Waals surface area (Å²) >= 11 is 5.95. The molecule has 33 heavy (non-hydrogen) atoms. The van der Waals surface area contributed by atoms with Crippen LogP contribution in [0.5, 0.6) is 0 Å². The van der Waals surface area contributed by atoms with Gasteiger partial charge in [-0.3, -0.25) is 0 Å². The van der Waals surface area contributed by atoms with E-state index in [0.29, 0.717) is 11.4 Å². The van der Waals surface area contributed by atoms with Crippen LogP contribution in [0.4, 0.5) is 0 Å².